The van der Waals surface area contributed by atoms with Gasteiger partial charge in [-0.3, -0.25) is 0 Å². The largest absolute Gasteiger partial charge is 0.507 e. The van der Waals surface area contributed by atoms with Crippen LogP contribution in [-0.4, -0.2) is 23.9 Å². The molecule has 0 aromatic heterocycles. The maximum atomic E-state index is 9.43. The SMILES string of the molecule is CCNCCSc1ccccc1O. The van der Waals surface area contributed by atoms with Gasteiger partial charge >= 0.3 is 0 Å². The molecule has 0 fully saturated rings. The Bertz CT molecular complexity index is 252. The van der Waals surface area contributed by atoms with Gasteiger partial charge in [0.25, 0.3) is 0 Å². The number of rotatable bonds is 5. The predicted molar refractivity (Wildman–Crippen MR) is 57.4 cm³/mol. The van der Waals surface area contributed by atoms with Crippen molar-refractivity contribution in [2.45, 2.75) is 11.8 Å². The number of phenolic OH excluding ortho intramolecular Hbond substituents is 1. The third kappa shape index (κ3) is 3.70. The topological polar surface area (TPSA) is 32.3 Å². The quantitative estimate of drug-likeness (QED) is 0.560. The first kappa shape index (κ1) is 10.4. The highest BCUT2D eigenvalue weighted by Gasteiger charge is 1.98. The van der Waals surface area contributed by atoms with Gasteiger partial charge in [0, 0.05) is 17.2 Å². The lowest BCUT2D eigenvalue weighted by molar-refractivity contribution is 0.462. The molecule has 0 saturated heterocycles. The van der Waals surface area contributed by atoms with Crippen molar-refractivity contribution in [3.8, 4) is 5.75 Å². The van der Waals surface area contributed by atoms with E-state index >= 15 is 0 Å². The van der Waals surface area contributed by atoms with Crippen molar-refractivity contribution < 1.29 is 5.11 Å². The van der Waals surface area contributed by atoms with E-state index in [4.69, 9.17) is 0 Å². The minimum atomic E-state index is 0.379. The Morgan fingerprint density at radius 2 is 2.15 bits per heavy atom. The summed E-state index contributed by atoms with van der Waals surface area (Å²) < 4.78 is 0. The zero-order valence-electron chi connectivity index (χ0n) is 7.79. The van der Waals surface area contributed by atoms with Crippen LogP contribution in [0.4, 0.5) is 0 Å². The van der Waals surface area contributed by atoms with Crippen molar-refractivity contribution in [2.24, 2.45) is 0 Å². The lowest BCUT2D eigenvalue weighted by Gasteiger charge is -2.03. The van der Waals surface area contributed by atoms with Gasteiger partial charge in [-0.25, -0.2) is 0 Å². The van der Waals surface area contributed by atoms with Gasteiger partial charge in [0.05, 0.1) is 0 Å². The zero-order valence-corrected chi connectivity index (χ0v) is 8.60. The normalized spacial score (nSPS) is 10.2. The third-order valence-corrected chi connectivity index (χ3v) is 2.72. The Morgan fingerprint density at radius 3 is 2.85 bits per heavy atom. The van der Waals surface area contributed by atoms with Crippen molar-refractivity contribution in [3.63, 3.8) is 0 Å². The second kappa shape index (κ2) is 5.89. The molecule has 0 aliphatic carbocycles. The van der Waals surface area contributed by atoms with Crippen LogP contribution < -0.4 is 5.32 Å². The molecule has 0 aliphatic heterocycles. The minimum Gasteiger partial charge on any atom is -0.507 e. The number of nitrogens with one attached hydrogen (secondary N) is 1. The van der Waals surface area contributed by atoms with E-state index in [2.05, 4.69) is 12.2 Å². The average molecular weight is 197 g/mol. The number of hydrogen-bond donors (Lipinski definition) is 2. The molecule has 0 unspecified atom stereocenters. The van der Waals surface area contributed by atoms with Crippen LogP contribution in [0.15, 0.2) is 29.2 Å². The number of phenols is 1. The average Bonchev–Trinajstić information content (AvgIpc) is 2.15. The van der Waals surface area contributed by atoms with Crippen LogP contribution in [-0.2, 0) is 0 Å². The molecule has 0 atom stereocenters. The molecule has 0 radical (unpaired) electrons. The summed E-state index contributed by atoms with van der Waals surface area (Å²) in [4.78, 5) is 0.959. The van der Waals surface area contributed by atoms with Gasteiger partial charge < -0.3 is 10.4 Å². The fourth-order valence-electron chi connectivity index (χ4n) is 0.989. The summed E-state index contributed by atoms with van der Waals surface area (Å²) in [5, 5.41) is 12.7. The lowest BCUT2D eigenvalue weighted by atomic mass is 10.3. The maximum absolute atomic E-state index is 9.43. The van der Waals surface area contributed by atoms with E-state index in [0.717, 1.165) is 23.7 Å². The Labute approximate surface area is 83.4 Å². The van der Waals surface area contributed by atoms with Gasteiger partial charge in [0.15, 0.2) is 0 Å². The van der Waals surface area contributed by atoms with Crippen molar-refractivity contribution in [1.29, 1.82) is 0 Å². The summed E-state index contributed by atoms with van der Waals surface area (Å²) in [6.07, 6.45) is 0. The minimum absolute atomic E-state index is 0.379. The van der Waals surface area contributed by atoms with Crippen LogP contribution in [0.2, 0.25) is 0 Å². The standard InChI is InChI=1S/C10H15NOS/c1-2-11-7-8-13-10-6-4-3-5-9(10)12/h3-6,11-12H,2,7-8H2,1H3. The van der Waals surface area contributed by atoms with Crippen molar-refractivity contribution >= 4 is 11.8 Å². The van der Waals surface area contributed by atoms with E-state index in [1.165, 1.54) is 0 Å². The lowest BCUT2D eigenvalue weighted by Crippen LogP contribution is -2.15. The molecule has 1 aromatic carbocycles. The number of para-hydroxylation sites is 1. The highest BCUT2D eigenvalue weighted by atomic mass is 32.2. The molecule has 0 spiro atoms. The Balaban J connectivity index is 2.32. The molecule has 2 N–H and O–H groups in total. The molecule has 1 aromatic rings. The second-order valence-electron chi connectivity index (χ2n) is 2.67. The van der Waals surface area contributed by atoms with E-state index in [1.54, 1.807) is 17.8 Å². The Kier molecular flexibility index (Phi) is 4.72. The molecule has 0 bridgehead atoms. The Hall–Kier alpha value is -0.670. The molecule has 3 heteroatoms. The summed E-state index contributed by atoms with van der Waals surface area (Å²) in [6, 6.07) is 7.43. The Morgan fingerprint density at radius 1 is 1.38 bits per heavy atom. The first-order valence-corrected chi connectivity index (χ1v) is 5.44. The van der Waals surface area contributed by atoms with Crippen LogP contribution in [0.3, 0.4) is 0 Å². The summed E-state index contributed by atoms with van der Waals surface area (Å²) in [5.41, 5.74) is 0. The van der Waals surface area contributed by atoms with Gasteiger partial charge in [-0.2, -0.15) is 0 Å². The van der Waals surface area contributed by atoms with Gasteiger partial charge in [-0.15, -0.1) is 11.8 Å². The van der Waals surface area contributed by atoms with E-state index in [1.807, 2.05) is 18.2 Å². The van der Waals surface area contributed by atoms with Crippen LogP contribution in [0.5, 0.6) is 5.75 Å². The van der Waals surface area contributed by atoms with Gasteiger partial charge in [-0.05, 0) is 18.7 Å². The fourth-order valence-corrected chi connectivity index (χ4v) is 1.85. The number of benzene rings is 1. The molecule has 2 nitrogen and oxygen atoms in total. The summed E-state index contributed by atoms with van der Waals surface area (Å²) in [7, 11) is 0. The smallest absolute Gasteiger partial charge is 0.129 e. The summed E-state index contributed by atoms with van der Waals surface area (Å²) in [6.45, 7) is 4.07. The first-order chi connectivity index (χ1) is 6.34. The maximum Gasteiger partial charge on any atom is 0.129 e. The summed E-state index contributed by atoms with van der Waals surface area (Å²) in [5.74, 6) is 1.37. The highest BCUT2D eigenvalue weighted by molar-refractivity contribution is 7.99. The van der Waals surface area contributed by atoms with E-state index in [9.17, 15) is 5.11 Å². The van der Waals surface area contributed by atoms with Crippen LogP contribution >= 0.6 is 11.8 Å². The molecular formula is C10H15NOS. The molecule has 13 heavy (non-hydrogen) atoms. The second-order valence-corrected chi connectivity index (χ2v) is 3.81. The first-order valence-electron chi connectivity index (χ1n) is 4.46. The molecule has 1 rings (SSSR count). The predicted octanol–water partition coefficient (Wildman–Crippen LogP) is 2.09. The van der Waals surface area contributed by atoms with E-state index < -0.39 is 0 Å². The summed E-state index contributed by atoms with van der Waals surface area (Å²) >= 11 is 1.67. The number of thioether (sulfide) groups is 1. The zero-order chi connectivity index (χ0) is 9.52. The molecular weight excluding hydrogens is 182 g/mol. The molecule has 0 saturated carbocycles. The highest BCUT2D eigenvalue weighted by Crippen LogP contribution is 2.26. The van der Waals surface area contributed by atoms with Crippen molar-refractivity contribution in [1.82, 2.24) is 5.32 Å². The molecule has 0 heterocycles. The number of aromatic hydroxyl groups is 1. The van der Waals surface area contributed by atoms with Crippen LogP contribution in [0.1, 0.15) is 6.92 Å². The van der Waals surface area contributed by atoms with Crippen LogP contribution in [0, 0.1) is 0 Å². The van der Waals surface area contributed by atoms with Crippen molar-refractivity contribution in [2.75, 3.05) is 18.8 Å². The van der Waals surface area contributed by atoms with Crippen LogP contribution in [0.25, 0.3) is 0 Å². The third-order valence-electron chi connectivity index (χ3n) is 1.65. The van der Waals surface area contributed by atoms with Gasteiger partial charge in [0.2, 0.25) is 0 Å². The van der Waals surface area contributed by atoms with Gasteiger partial charge in [-0.1, -0.05) is 19.1 Å². The van der Waals surface area contributed by atoms with Crippen molar-refractivity contribution in [3.05, 3.63) is 24.3 Å². The van der Waals surface area contributed by atoms with E-state index in [0.29, 0.717) is 5.75 Å². The molecule has 72 valence electrons. The van der Waals surface area contributed by atoms with Gasteiger partial charge in [0.1, 0.15) is 5.75 Å². The molecule has 0 amide bonds. The number of hydrogen-bond acceptors (Lipinski definition) is 3. The fraction of sp³-hybridized carbons (Fsp3) is 0.400. The monoisotopic (exact) mass is 197 g/mol. The molecule has 0 aliphatic rings. The van der Waals surface area contributed by atoms with E-state index in [-0.39, 0.29) is 0 Å².